The quantitative estimate of drug-likeness (QED) is 0.717. The Morgan fingerprint density at radius 1 is 1.36 bits per heavy atom. The van der Waals surface area contributed by atoms with Crippen LogP contribution < -0.4 is 5.32 Å². The van der Waals surface area contributed by atoms with Crippen LogP contribution in [0.3, 0.4) is 0 Å². The molecule has 1 N–H and O–H groups in total. The Labute approximate surface area is 92.4 Å². The van der Waals surface area contributed by atoms with Crippen LogP contribution >= 0.6 is 11.8 Å². The standard InChI is InChI=1S/C12H23NS/c1-10(2)11-5-3-6-12(9-11)13-7-4-8-14-12/h10-11,13H,3-9H2,1-2H3. The fourth-order valence-corrected chi connectivity index (χ4v) is 4.35. The highest BCUT2D eigenvalue weighted by Gasteiger charge is 2.38. The highest BCUT2D eigenvalue weighted by atomic mass is 32.2. The van der Waals surface area contributed by atoms with Gasteiger partial charge in [0.25, 0.3) is 0 Å². The van der Waals surface area contributed by atoms with Gasteiger partial charge in [0.05, 0.1) is 4.87 Å². The maximum Gasteiger partial charge on any atom is 0.0647 e. The molecule has 2 aliphatic rings. The summed E-state index contributed by atoms with van der Waals surface area (Å²) in [7, 11) is 0. The molecule has 0 aromatic carbocycles. The second kappa shape index (κ2) is 4.44. The van der Waals surface area contributed by atoms with E-state index in [2.05, 4.69) is 30.9 Å². The number of hydrogen-bond acceptors (Lipinski definition) is 2. The van der Waals surface area contributed by atoms with E-state index in [1.165, 1.54) is 44.4 Å². The highest BCUT2D eigenvalue weighted by Crippen LogP contribution is 2.44. The van der Waals surface area contributed by atoms with Crippen molar-refractivity contribution in [2.45, 2.75) is 50.8 Å². The zero-order valence-corrected chi connectivity index (χ0v) is 10.3. The van der Waals surface area contributed by atoms with Crippen LogP contribution in [-0.4, -0.2) is 17.2 Å². The molecular weight excluding hydrogens is 190 g/mol. The average Bonchev–Trinajstić information content (AvgIpc) is 2.19. The van der Waals surface area contributed by atoms with Crippen molar-refractivity contribution < 1.29 is 0 Å². The van der Waals surface area contributed by atoms with Gasteiger partial charge in [-0.1, -0.05) is 26.7 Å². The summed E-state index contributed by atoms with van der Waals surface area (Å²) >= 11 is 2.20. The summed E-state index contributed by atoms with van der Waals surface area (Å²) < 4.78 is 0. The predicted octanol–water partition coefficient (Wildman–Crippen LogP) is 3.26. The first-order valence-corrected chi connectivity index (χ1v) is 7.09. The molecule has 14 heavy (non-hydrogen) atoms. The summed E-state index contributed by atoms with van der Waals surface area (Å²) in [5.74, 6) is 3.20. The number of nitrogens with one attached hydrogen (secondary N) is 1. The SMILES string of the molecule is CC(C)C1CCCC2(C1)NCCCS2. The third kappa shape index (κ3) is 2.27. The second-order valence-corrected chi connectivity index (χ2v) is 6.70. The molecule has 1 saturated carbocycles. The molecule has 1 nitrogen and oxygen atoms in total. The lowest BCUT2D eigenvalue weighted by molar-refractivity contribution is 0.209. The summed E-state index contributed by atoms with van der Waals surface area (Å²) in [5, 5.41) is 3.78. The lowest BCUT2D eigenvalue weighted by Crippen LogP contribution is -2.49. The van der Waals surface area contributed by atoms with Gasteiger partial charge in [0.15, 0.2) is 0 Å². The fraction of sp³-hybridized carbons (Fsp3) is 1.00. The van der Waals surface area contributed by atoms with E-state index in [4.69, 9.17) is 0 Å². The van der Waals surface area contributed by atoms with Crippen molar-refractivity contribution in [2.24, 2.45) is 11.8 Å². The zero-order valence-electron chi connectivity index (χ0n) is 9.51. The molecule has 2 unspecified atom stereocenters. The first kappa shape index (κ1) is 10.8. The molecule has 0 amide bonds. The molecule has 1 saturated heterocycles. The van der Waals surface area contributed by atoms with E-state index in [9.17, 15) is 0 Å². The van der Waals surface area contributed by atoms with Crippen LogP contribution in [0.5, 0.6) is 0 Å². The Morgan fingerprint density at radius 3 is 2.86 bits per heavy atom. The van der Waals surface area contributed by atoms with Gasteiger partial charge in [0.1, 0.15) is 0 Å². The molecule has 0 radical (unpaired) electrons. The first-order valence-electron chi connectivity index (χ1n) is 6.11. The summed E-state index contributed by atoms with van der Waals surface area (Å²) in [6.45, 7) is 6.02. The Bertz CT molecular complexity index is 179. The van der Waals surface area contributed by atoms with Crippen molar-refractivity contribution in [3.05, 3.63) is 0 Å². The van der Waals surface area contributed by atoms with Gasteiger partial charge >= 0.3 is 0 Å². The second-order valence-electron chi connectivity index (χ2n) is 5.22. The van der Waals surface area contributed by atoms with E-state index < -0.39 is 0 Å². The lowest BCUT2D eigenvalue weighted by atomic mass is 9.79. The van der Waals surface area contributed by atoms with Crippen LogP contribution in [0.15, 0.2) is 0 Å². The first-order chi connectivity index (χ1) is 6.72. The largest absolute Gasteiger partial charge is 0.303 e. The Hall–Kier alpha value is 0.310. The molecule has 1 aliphatic carbocycles. The van der Waals surface area contributed by atoms with Gasteiger partial charge in [-0.15, -0.1) is 11.8 Å². The number of thioether (sulfide) groups is 1. The molecule has 0 aromatic heterocycles. The Kier molecular flexibility index (Phi) is 3.43. The van der Waals surface area contributed by atoms with E-state index in [1.54, 1.807) is 0 Å². The molecule has 82 valence electrons. The summed E-state index contributed by atoms with van der Waals surface area (Å²) in [6, 6.07) is 0. The third-order valence-corrected chi connectivity index (χ3v) is 5.40. The molecule has 0 bridgehead atoms. The Morgan fingerprint density at radius 2 is 2.21 bits per heavy atom. The van der Waals surface area contributed by atoms with E-state index in [0.29, 0.717) is 4.87 Å². The average molecular weight is 213 g/mol. The zero-order chi connectivity index (χ0) is 10.0. The normalized spacial score (nSPS) is 39.2. The van der Waals surface area contributed by atoms with Gasteiger partial charge < -0.3 is 5.32 Å². The van der Waals surface area contributed by atoms with Gasteiger partial charge in [-0.05, 0) is 43.4 Å². The van der Waals surface area contributed by atoms with Crippen LogP contribution in [0.2, 0.25) is 0 Å². The minimum absolute atomic E-state index is 0.478. The molecule has 2 heteroatoms. The van der Waals surface area contributed by atoms with Gasteiger partial charge in [-0.2, -0.15) is 0 Å². The molecular formula is C12H23NS. The van der Waals surface area contributed by atoms with Crippen LogP contribution in [0.25, 0.3) is 0 Å². The van der Waals surface area contributed by atoms with Crippen molar-refractivity contribution in [1.29, 1.82) is 0 Å². The maximum atomic E-state index is 3.78. The van der Waals surface area contributed by atoms with Crippen molar-refractivity contribution in [1.82, 2.24) is 5.32 Å². The summed E-state index contributed by atoms with van der Waals surface area (Å²) in [4.78, 5) is 0.478. The minimum Gasteiger partial charge on any atom is -0.303 e. The number of hydrogen-bond donors (Lipinski definition) is 1. The lowest BCUT2D eigenvalue weighted by Gasteiger charge is -2.45. The molecule has 1 aliphatic heterocycles. The van der Waals surface area contributed by atoms with Gasteiger partial charge in [-0.25, -0.2) is 0 Å². The topological polar surface area (TPSA) is 12.0 Å². The number of rotatable bonds is 1. The van der Waals surface area contributed by atoms with Crippen molar-refractivity contribution >= 4 is 11.8 Å². The monoisotopic (exact) mass is 213 g/mol. The molecule has 2 rings (SSSR count). The van der Waals surface area contributed by atoms with Crippen LogP contribution in [0, 0.1) is 11.8 Å². The fourth-order valence-electron chi connectivity index (χ4n) is 2.85. The highest BCUT2D eigenvalue weighted by molar-refractivity contribution is 8.00. The van der Waals surface area contributed by atoms with Crippen LogP contribution in [-0.2, 0) is 0 Å². The van der Waals surface area contributed by atoms with Crippen molar-refractivity contribution in [2.75, 3.05) is 12.3 Å². The van der Waals surface area contributed by atoms with E-state index in [-0.39, 0.29) is 0 Å². The van der Waals surface area contributed by atoms with E-state index in [0.717, 1.165) is 11.8 Å². The van der Waals surface area contributed by atoms with Crippen LogP contribution in [0.1, 0.15) is 46.0 Å². The Balaban J connectivity index is 1.97. The van der Waals surface area contributed by atoms with E-state index in [1.807, 2.05) is 0 Å². The van der Waals surface area contributed by atoms with Gasteiger partial charge in [0, 0.05) is 0 Å². The smallest absolute Gasteiger partial charge is 0.0647 e. The molecule has 1 spiro atoms. The molecule has 0 aromatic rings. The summed E-state index contributed by atoms with van der Waals surface area (Å²) in [5.41, 5.74) is 0. The molecule has 2 fully saturated rings. The minimum atomic E-state index is 0.478. The van der Waals surface area contributed by atoms with E-state index >= 15 is 0 Å². The summed E-state index contributed by atoms with van der Waals surface area (Å²) in [6.07, 6.45) is 7.07. The third-order valence-electron chi connectivity index (χ3n) is 3.84. The van der Waals surface area contributed by atoms with Crippen molar-refractivity contribution in [3.8, 4) is 0 Å². The van der Waals surface area contributed by atoms with Gasteiger partial charge in [-0.3, -0.25) is 0 Å². The molecule has 1 heterocycles. The molecule has 2 atom stereocenters. The predicted molar refractivity (Wildman–Crippen MR) is 64.6 cm³/mol. The van der Waals surface area contributed by atoms with Crippen molar-refractivity contribution in [3.63, 3.8) is 0 Å². The maximum absolute atomic E-state index is 3.78. The van der Waals surface area contributed by atoms with Gasteiger partial charge in [0.2, 0.25) is 0 Å². The van der Waals surface area contributed by atoms with Crippen LogP contribution in [0.4, 0.5) is 0 Å².